The Bertz CT molecular complexity index is 470. The van der Waals surface area contributed by atoms with Crippen LogP contribution in [0.4, 0.5) is 0 Å². The molecule has 2 heterocycles. The van der Waals surface area contributed by atoms with E-state index in [0.29, 0.717) is 12.5 Å². The van der Waals surface area contributed by atoms with Gasteiger partial charge in [-0.1, -0.05) is 13.8 Å². The summed E-state index contributed by atoms with van der Waals surface area (Å²) in [6.07, 6.45) is 1.84. The molecule has 1 aliphatic heterocycles. The molecule has 0 aromatic carbocycles. The highest BCUT2D eigenvalue weighted by Crippen LogP contribution is 2.20. The second-order valence-corrected chi connectivity index (χ2v) is 5.73. The molecule has 1 aromatic heterocycles. The Balaban J connectivity index is 1.93. The molecule has 6 heteroatoms. The van der Waals surface area contributed by atoms with Crippen LogP contribution < -0.4 is 5.32 Å². The predicted octanol–water partition coefficient (Wildman–Crippen LogP) is 1.37. The van der Waals surface area contributed by atoms with Crippen molar-refractivity contribution in [3.05, 3.63) is 11.6 Å². The minimum Gasteiger partial charge on any atom is -0.378 e. The number of hydrogen-bond acceptors (Lipinski definition) is 4. The summed E-state index contributed by atoms with van der Waals surface area (Å²) in [7, 11) is 1.93. The highest BCUT2D eigenvalue weighted by atomic mass is 16.5. The summed E-state index contributed by atoms with van der Waals surface area (Å²) >= 11 is 0. The molecule has 1 aromatic rings. The maximum absolute atomic E-state index is 12.2. The highest BCUT2D eigenvalue weighted by Gasteiger charge is 2.28. The van der Waals surface area contributed by atoms with Crippen molar-refractivity contribution < 1.29 is 9.53 Å². The van der Waals surface area contributed by atoms with Gasteiger partial charge in [0.05, 0.1) is 18.6 Å². The molecule has 1 aliphatic rings. The molecule has 2 atom stereocenters. The van der Waals surface area contributed by atoms with Crippen molar-refractivity contribution in [3.63, 3.8) is 0 Å². The Labute approximate surface area is 119 Å². The topological polar surface area (TPSA) is 69.0 Å². The van der Waals surface area contributed by atoms with E-state index in [2.05, 4.69) is 29.4 Å². The summed E-state index contributed by atoms with van der Waals surface area (Å²) < 4.78 is 7.48. The van der Waals surface area contributed by atoms with Crippen LogP contribution in [0.2, 0.25) is 0 Å². The first-order chi connectivity index (χ1) is 9.50. The van der Waals surface area contributed by atoms with Gasteiger partial charge in [0.15, 0.2) is 5.82 Å². The van der Waals surface area contributed by atoms with Gasteiger partial charge in [-0.25, -0.2) is 0 Å². The summed E-state index contributed by atoms with van der Waals surface area (Å²) in [6, 6.07) is 0. The standard InChI is InChI=1S/C14H24N4O2/c1-9(2)13-17-16-12(18(13)4)8-15-14(19)11-6-5-7-20-10(11)3/h9-11H,5-8H2,1-4H3,(H,15,19)/t10-,11-/m0/s1. The van der Waals surface area contributed by atoms with Crippen molar-refractivity contribution in [1.29, 1.82) is 0 Å². The van der Waals surface area contributed by atoms with Gasteiger partial charge in [0.25, 0.3) is 0 Å². The molecule has 0 radical (unpaired) electrons. The van der Waals surface area contributed by atoms with E-state index in [9.17, 15) is 4.79 Å². The number of carbonyl (C=O) groups excluding carboxylic acids is 1. The zero-order chi connectivity index (χ0) is 14.7. The number of rotatable bonds is 4. The van der Waals surface area contributed by atoms with Crippen molar-refractivity contribution in [1.82, 2.24) is 20.1 Å². The monoisotopic (exact) mass is 280 g/mol. The van der Waals surface area contributed by atoms with Crippen molar-refractivity contribution >= 4 is 5.91 Å². The van der Waals surface area contributed by atoms with Gasteiger partial charge >= 0.3 is 0 Å². The molecule has 0 saturated carbocycles. The normalized spacial score (nSPS) is 23.1. The van der Waals surface area contributed by atoms with Gasteiger partial charge in [0.1, 0.15) is 5.82 Å². The lowest BCUT2D eigenvalue weighted by Gasteiger charge is -2.27. The molecule has 112 valence electrons. The van der Waals surface area contributed by atoms with Crippen LogP contribution in [0.15, 0.2) is 0 Å². The summed E-state index contributed by atoms with van der Waals surface area (Å²) in [5.41, 5.74) is 0. The third kappa shape index (κ3) is 3.17. The number of ether oxygens (including phenoxy) is 1. The van der Waals surface area contributed by atoms with Crippen LogP contribution in [0.5, 0.6) is 0 Å². The number of hydrogen-bond donors (Lipinski definition) is 1. The van der Waals surface area contributed by atoms with Crippen LogP contribution in [0, 0.1) is 5.92 Å². The van der Waals surface area contributed by atoms with Crippen LogP contribution in [0.25, 0.3) is 0 Å². The minimum absolute atomic E-state index is 0.00512. The molecule has 1 amide bonds. The van der Waals surface area contributed by atoms with Gasteiger partial charge in [-0.15, -0.1) is 10.2 Å². The molecule has 0 unspecified atom stereocenters. The van der Waals surface area contributed by atoms with E-state index in [1.807, 2.05) is 18.5 Å². The van der Waals surface area contributed by atoms with Crippen LogP contribution in [-0.2, 0) is 23.1 Å². The summed E-state index contributed by atoms with van der Waals surface area (Å²) in [4.78, 5) is 12.2. The summed E-state index contributed by atoms with van der Waals surface area (Å²) in [5.74, 6) is 2.03. The fourth-order valence-electron chi connectivity index (χ4n) is 2.60. The van der Waals surface area contributed by atoms with E-state index in [4.69, 9.17) is 4.74 Å². The molecule has 6 nitrogen and oxygen atoms in total. The molecular weight excluding hydrogens is 256 g/mol. The van der Waals surface area contributed by atoms with Gasteiger partial charge in [0, 0.05) is 19.6 Å². The average Bonchev–Trinajstić information content (AvgIpc) is 2.78. The number of carbonyl (C=O) groups is 1. The smallest absolute Gasteiger partial charge is 0.226 e. The minimum atomic E-state index is -0.0541. The highest BCUT2D eigenvalue weighted by molar-refractivity contribution is 5.79. The lowest BCUT2D eigenvalue weighted by atomic mass is 9.94. The zero-order valence-electron chi connectivity index (χ0n) is 12.7. The molecular formula is C14H24N4O2. The lowest BCUT2D eigenvalue weighted by Crippen LogP contribution is -2.40. The third-order valence-electron chi connectivity index (χ3n) is 3.88. The molecule has 0 spiro atoms. The second kappa shape index (κ2) is 6.35. The number of aromatic nitrogens is 3. The largest absolute Gasteiger partial charge is 0.378 e. The van der Waals surface area contributed by atoms with Gasteiger partial charge in [-0.05, 0) is 19.8 Å². The molecule has 0 bridgehead atoms. The fourth-order valence-corrected chi connectivity index (χ4v) is 2.60. The lowest BCUT2D eigenvalue weighted by molar-refractivity contribution is -0.133. The SMILES string of the molecule is CC(C)c1nnc(CNC(=O)[C@H]2CCCO[C@H]2C)n1C. The van der Waals surface area contributed by atoms with Crippen molar-refractivity contribution in [2.45, 2.75) is 52.2 Å². The fraction of sp³-hybridized carbons (Fsp3) is 0.786. The first kappa shape index (κ1) is 15.0. The zero-order valence-corrected chi connectivity index (χ0v) is 12.7. The Morgan fingerprint density at radius 2 is 2.25 bits per heavy atom. The van der Waals surface area contributed by atoms with E-state index in [0.717, 1.165) is 31.1 Å². The van der Waals surface area contributed by atoms with Crippen LogP contribution in [0.1, 0.15) is 51.2 Å². The number of nitrogens with one attached hydrogen (secondary N) is 1. The van der Waals surface area contributed by atoms with Gasteiger partial charge in [0.2, 0.25) is 5.91 Å². The Morgan fingerprint density at radius 3 is 2.85 bits per heavy atom. The van der Waals surface area contributed by atoms with E-state index >= 15 is 0 Å². The maximum Gasteiger partial charge on any atom is 0.226 e. The van der Waals surface area contributed by atoms with Crippen molar-refractivity contribution in [2.24, 2.45) is 13.0 Å². The Morgan fingerprint density at radius 1 is 1.50 bits per heavy atom. The first-order valence-electron chi connectivity index (χ1n) is 7.28. The summed E-state index contributed by atoms with van der Waals surface area (Å²) in [5, 5.41) is 11.2. The van der Waals surface area contributed by atoms with Crippen molar-refractivity contribution in [3.8, 4) is 0 Å². The van der Waals surface area contributed by atoms with Crippen LogP contribution >= 0.6 is 0 Å². The number of nitrogens with zero attached hydrogens (tertiary/aromatic N) is 3. The Kier molecular flexibility index (Phi) is 4.75. The maximum atomic E-state index is 12.2. The van der Waals surface area contributed by atoms with E-state index in [1.165, 1.54) is 0 Å². The second-order valence-electron chi connectivity index (χ2n) is 5.73. The van der Waals surface area contributed by atoms with Crippen LogP contribution in [0.3, 0.4) is 0 Å². The van der Waals surface area contributed by atoms with Crippen molar-refractivity contribution in [2.75, 3.05) is 6.61 Å². The molecule has 0 aliphatic carbocycles. The van der Waals surface area contributed by atoms with E-state index in [1.54, 1.807) is 0 Å². The molecule has 1 saturated heterocycles. The van der Waals surface area contributed by atoms with Gasteiger partial charge in [-0.3, -0.25) is 4.79 Å². The van der Waals surface area contributed by atoms with Gasteiger partial charge in [-0.2, -0.15) is 0 Å². The molecule has 1 N–H and O–H groups in total. The van der Waals surface area contributed by atoms with E-state index in [-0.39, 0.29) is 17.9 Å². The third-order valence-corrected chi connectivity index (χ3v) is 3.88. The van der Waals surface area contributed by atoms with E-state index < -0.39 is 0 Å². The quantitative estimate of drug-likeness (QED) is 0.904. The molecule has 20 heavy (non-hydrogen) atoms. The first-order valence-corrected chi connectivity index (χ1v) is 7.28. The summed E-state index contributed by atoms with van der Waals surface area (Å²) in [6.45, 7) is 7.29. The average molecular weight is 280 g/mol. The predicted molar refractivity (Wildman–Crippen MR) is 75.1 cm³/mol. The number of amides is 1. The Hall–Kier alpha value is -1.43. The molecule has 1 fully saturated rings. The van der Waals surface area contributed by atoms with Crippen LogP contribution in [-0.4, -0.2) is 33.4 Å². The van der Waals surface area contributed by atoms with Gasteiger partial charge < -0.3 is 14.6 Å². The molecule has 2 rings (SSSR count).